The van der Waals surface area contributed by atoms with E-state index in [0.29, 0.717) is 0 Å². The molecule has 8 heavy (non-hydrogen) atoms. The van der Waals surface area contributed by atoms with E-state index in [1.807, 2.05) is 0 Å². The van der Waals surface area contributed by atoms with Crippen LogP contribution in [-0.2, 0) is 24.3 Å². The van der Waals surface area contributed by atoms with Crippen LogP contribution < -0.4 is 0 Å². The predicted octanol–water partition coefficient (Wildman–Crippen LogP) is 3.48. The molecule has 8 heteroatoms. The van der Waals surface area contributed by atoms with E-state index < -0.39 is 0 Å². The first-order valence-electron chi connectivity index (χ1n) is 0.183. The fraction of sp³-hybridized carbons (Fsp3) is 0. The summed E-state index contributed by atoms with van der Waals surface area (Å²) < 4.78 is 7.25. The normalized spacial score (nSPS) is 0.250. The van der Waals surface area contributed by atoms with E-state index in [1.54, 1.807) is 0 Å². The second kappa shape index (κ2) is 30200. The van der Waals surface area contributed by atoms with Crippen LogP contribution in [0.1, 0.15) is 0 Å². The van der Waals surface area contributed by atoms with E-state index in [1.165, 1.54) is 0 Å². The third-order valence-electron chi connectivity index (χ3n) is 0. The van der Waals surface area contributed by atoms with Gasteiger partial charge in [-0.25, -0.2) is 0 Å². The summed E-state index contributed by atoms with van der Waals surface area (Å²) in [5, 5.41) is 0. The first kappa shape index (κ1) is 341. The van der Waals surface area contributed by atoms with Gasteiger partial charge in [-0.2, -0.15) is 0 Å². The van der Waals surface area contributed by atoms with Crippen molar-refractivity contribution in [3.63, 3.8) is 0 Å². The Labute approximate surface area is 61.2 Å². The third-order valence-corrected chi connectivity index (χ3v) is 0. The van der Waals surface area contributed by atoms with Crippen molar-refractivity contribution in [2.45, 2.75) is 0 Å². The van der Waals surface area contributed by atoms with Crippen molar-refractivity contribution in [2.75, 3.05) is 0 Å². The maximum absolute atomic E-state index is 7.25. The Balaban J connectivity index is -0.000000000333. The molecule has 0 aromatic heterocycles. The minimum Gasteiger partial charge on any atom is -0.693 e. The number of nitrogens with two attached hydrogens (primary N) is 5. The van der Waals surface area contributed by atoms with E-state index in [0.717, 1.165) is 0 Å². The van der Waals surface area contributed by atoms with Gasteiger partial charge >= 0.3 is 29.7 Å². The molecule has 0 aliphatic rings. The van der Waals surface area contributed by atoms with Gasteiger partial charge in [0, 0.05) is 0 Å². The maximum atomic E-state index is 7.25. The number of nitrogens with zero attached hydrogens (tertiary/aromatic N) is 1. The average Bonchev–Trinajstić information content (AvgIpc) is 1.00. The van der Waals surface area contributed by atoms with Crippen molar-refractivity contribution in [1.29, 1.82) is 5.46 Å². The second-order valence-electron chi connectivity index (χ2n) is 0. The monoisotopic (exact) mass is 212 g/mol. The molecule has 10 N–H and O–H groups in total. The Bertz CT molecular complexity index is 13.2. The molecule has 0 spiro atoms. The van der Waals surface area contributed by atoms with E-state index >= 15 is 0 Å². The van der Waals surface area contributed by atoms with Crippen molar-refractivity contribution in [3.05, 3.63) is 30.8 Å². The van der Waals surface area contributed by atoms with Crippen molar-refractivity contribution in [1.82, 2.24) is 0 Å². The van der Waals surface area contributed by atoms with Crippen LogP contribution in [-0.4, -0.2) is 0 Å². The summed E-state index contributed by atoms with van der Waals surface area (Å²) in [6.07, 6.45) is 0. The molecule has 0 aromatic carbocycles. The average molecular weight is 211 g/mol. The molecule has 0 aliphatic heterocycles. The van der Waals surface area contributed by atoms with E-state index in [-0.39, 0.29) is 50.2 Å². The van der Waals surface area contributed by atoms with E-state index in [2.05, 4.69) is 0 Å². The first-order chi connectivity index (χ1) is 1.00. The van der Waals surface area contributed by atoms with Crippen LogP contribution in [0.2, 0.25) is 0 Å². The second-order valence-corrected chi connectivity index (χ2v) is 0. The van der Waals surface area contributed by atoms with Crippen molar-refractivity contribution in [3.8, 4) is 0 Å². The zero-order valence-electron chi connectivity index (χ0n) is 4.10. The van der Waals surface area contributed by atoms with Crippen molar-refractivity contribution < 1.29 is 24.3 Å². The van der Waals surface area contributed by atoms with Crippen molar-refractivity contribution in [2.24, 2.45) is 0 Å². The minimum atomic E-state index is 0. The minimum absolute atomic E-state index is 0. The SMILES string of the molecule is N#[O+].[NH2-].[NH2-].[NH2-].[NH2-].[NH2-].[Ru+5]. The molecule has 53 valence electrons. The van der Waals surface area contributed by atoms with Gasteiger partial charge in [0.1, 0.15) is 0 Å². The van der Waals surface area contributed by atoms with Crippen LogP contribution in [0.5, 0.6) is 0 Å². The molecule has 0 unspecified atom stereocenters. The molecule has 0 bridgehead atoms. The molecule has 0 fully saturated rings. The summed E-state index contributed by atoms with van der Waals surface area (Å²) in [7, 11) is 0. The van der Waals surface area contributed by atoms with Gasteiger partial charge in [0.05, 0.1) is 0 Å². The van der Waals surface area contributed by atoms with Gasteiger partial charge in [-0.15, -0.1) is 0 Å². The molecule has 0 saturated carbocycles. The summed E-state index contributed by atoms with van der Waals surface area (Å²) in [6, 6.07) is 0. The van der Waals surface area contributed by atoms with Gasteiger partial charge in [0.25, 0.3) is 0 Å². The molecule has 0 rings (SSSR count). The van der Waals surface area contributed by atoms with Gasteiger partial charge in [-0.3, -0.25) is 0 Å². The Morgan fingerprint density at radius 2 is 0.625 bits per heavy atom. The number of hydrogen-bond donors (Lipinski definition) is 0. The zero-order chi connectivity index (χ0) is 2.00. The molecule has 0 aromatic rings. The largest absolute Gasteiger partial charge is 5.00 e. The molecular formula is H10N6ORu+. The number of hydrogen-bond acceptors (Lipinski definition) is 1. The first-order valence-corrected chi connectivity index (χ1v) is 0.183. The summed E-state index contributed by atoms with van der Waals surface area (Å²) >= 11 is 0. The molecular weight excluding hydrogens is 201 g/mol. The zero-order valence-corrected chi connectivity index (χ0v) is 5.83. The summed E-state index contributed by atoms with van der Waals surface area (Å²) in [4.78, 5) is 0. The van der Waals surface area contributed by atoms with Crippen molar-refractivity contribution >= 4 is 0 Å². The van der Waals surface area contributed by atoms with Crippen LogP contribution in [0, 0.1) is 5.46 Å². The Morgan fingerprint density at radius 1 is 0.625 bits per heavy atom. The van der Waals surface area contributed by atoms with Gasteiger partial charge in [-0.1, -0.05) is 0 Å². The molecule has 1 radical (unpaired) electrons. The fourth-order valence-corrected chi connectivity index (χ4v) is 0. The predicted molar refractivity (Wildman–Crippen MR) is 28.8 cm³/mol. The fourth-order valence-electron chi connectivity index (χ4n) is 0. The van der Waals surface area contributed by atoms with Gasteiger partial charge < -0.3 is 30.8 Å². The standard InChI is InChI=1S/NO.5H2N.Ru/c1-2;;;;;;/h;5*1H2;/q+1;5*-1;+5. The summed E-state index contributed by atoms with van der Waals surface area (Å²) in [5.74, 6) is 0. The van der Waals surface area contributed by atoms with Gasteiger partial charge in [0.2, 0.25) is 0 Å². The van der Waals surface area contributed by atoms with Crippen LogP contribution in [0.25, 0.3) is 30.8 Å². The Kier molecular flexibility index (Phi) is 1290000. The molecule has 7 nitrogen and oxygen atoms in total. The van der Waals surface area contributed by atoms with Crippen LogP contribution in [0.4, 0.5) is 0 Å². The molecule has 0 saturated heterocycles. The maximum Gasteiger partial charge on any atom is 5.00 e. The summed E-state index contributed by atoms with van der Waals surface area (Å²) in [6.45, 7) is 0. The van der Waals surface area contributed by atoms with Gasteiger partial charge in [0.15, 0.2) is 0 Å². The summed E-state index contributed by atoms with van der Waals surface area (Å²) in [5.41, 5.74) is 5.75. The smallest absolute Gasteiger partial charge is 0.693 e. The molecule has 0 atom stereocenters. The Morgan fingerprint density at radius 3 is 0.625 bits per heavy atom. The molecule has 0 aliphatic carbocycles. The third kappa shape index (κ3) is 18100. The quantitative estimate of drug-likeness (QED) is 0.426. The number of rotatable bonds is 0. The molecule has 0 heterocycles. The van der Waals surface area contributed by atoms with Crippen LogP contribution >= 0.6 is 0 Å². The van der Waals surface area contributed by atoms with E-state index in [9.17, 15) is 0 Å². The van der Waals surface area contributed by atoms with Crippen LogP contribution in [0.3, 0.4) is 0 Å². The van der Waals surface area contributed by atoms with E-state index in [4.69, 9.17) is 10.2 Å². The Hall–Kier alpha value is 0.0934. The van der Waals surface area contributed by atoms with Gasteiger partial charge in [-0.05, 0) is 0 Å². The topological polar surface area (TPSA) is 211 Å². The molecule has 0 amide bonds. The van der Waals surface area contributed by atoms with Crippen LogP contribution in [0.15, 0.2) is 0 Å².